The highest BCUT2D eigenvalue weighted by atomic mass is 35.5. The summed E-state index contributed by atoms with van der Waals surface area (Å²) < 4.78 is 0. The lowest BCUT2D eigenvalue weighted by Crippen LogP contribution is -2.20. The minimum Gasteiger partial charge on any atom is -0.267 e. The number of rotatable bonds is 3. The highest BCUT2D eigenvalue weighted by Gasteiger charge is 2.20. The Hall–Kier alpha value is -1.35. The van der Waals surface area contributed by atoms with Crippen molar-refractivity contribution in [1.82, 2.24) is 5.43 Å². The molecule has 2 rings (SSSR count). The van der Waals surface area contributed by atoms with Crippen LogP contribution in [0.25, 0.3) is 0 Å². The van der Waals surface area contributed by atoms with E-state index in [0.717, 1.165) is 18.6 Å². The second-order valence-electron chi connectivity index (χ2n) is 4.55. The molecule has 0 unspecified atom stereocenters. The lowest BCUT2D eigenvalue weighted by atomic mass is 10.0. The molecule has 3 nitrogen and oxygen atoms in total. The van der Waals surface area contributed by atoms with Crippen molar-refractivity contribution in [3.63, 3.8) is 0 Å². The SMILES string of the molecule is CC[C@H]1CCCC1=NNC(=O)c1ccc(Cl)cc1. The zero-order valence-electron chi connectivity index (χ0n) is 10.4. The van der Waals surface area contributed by atoms with Crippen LogP contribution >= 0.6 is 11.6 Å². The van der Waals surface area contributed by atoms with Crippen molar-refractivity contribution >= 4 is 23.2 Å². The quantitative estimate of drug-likeness (QED) is 0.832. The fraction of sp³-hybridized carbons (Fsp3) is 0.429. The van der Waals surface area contributed by atoms with Gasteiger partial charge in [0.2, 0.25) is 0 Å². The summed E-state index contributed by atoms with van der Waals surface area (Å²) in [6.45, 7) is 2.16. The van der Waals surface area contributed by atoms with Crippen molar-refractivity contribution in [3.8, 4) is 0 Å². The normalized spacial score (nSPS) is 21.2. The predicted molar refractivity (Wildman–Crippen MR) is 74.0 cm³/mol. The van der Waals surface area contributed by atoms with E-state index in [1.54, 1.807) is 24.3 Å². The molecule has 0 saturated heterocycles. The van der Waals surface area contributed by atoms with Crippen LogP contribution in [0.4, 0.5) is 0 Å². The van der Waals surface area contributed by atoms with Crippen LogP contribution in [0.1, 0.15) is 43.0 Å². The molecule has 1 aromatic carbocycles. The molecule has 4 heteroatoms. The smallest absolute Gasteiger partial charge is 0.267 e. The summed E-state index contributed by atoms with van der Waals surface area (Å²) in [5.41, 5.74) is 4.33. The third-order valence-corrected chi connectivity index (χ3v) is 3.61. The van der Waals surface area contributed by atoms with Gasteiger partial charge in [-0.25, -0.2) is 5.43 Å². The van der Waals surface area contributed by atoms with E-state index >= 15 is 0 Å². The van der Waals surface area contributed by atoms with Gasteiger partial charge in [-0.15, -0.1) is 0 Å². The number of benzene rings is 1. The van der Waals surface area contributed by atoms with Crippen LogP contribution in [-0.4, -0.2) is 11.6 Å². The van der Waals surface area contributed by atoms with E-state index in [4.69, 9.17) is 11.6 Å². The molecule has 1 N–H and O–H groups in total. The number of nitrogens with zero attached hydrogens (tertiary/aromatic N) is 1. The van der Waals surface area contributed by atoms with Crippen molar-refractivity contribution in [2.45, 2.75) is 32.6 Å². The first kappa shape index (κ1) is 13.1. The summed E-state index contributed by atoms with van der Waals surface area (Å²) in [5.74, 6) is 0.358. The van der Waals surface area contributed by atoms with Crippen LogP contribution in [0.5, 0.6) is 0 Å². The Labute approximate surface area is 112 Å². The van der Waals surface area contributed by atoms with Gasteiger partial charge in [-0.1, -0.05) is 18.5 Å². The Bertz CT molecular complexity index is 453. The lowest BCUT2D eigenvalue weighted by Gasteiger charge is -2.07. The van der Waals surface area contributed by atoms with E-state index in [1.807, 2.05) is 0 Å². The van der Waals surface area contributed by atoms with E-state index in [-0.39, 0.29) is 5.91 Å². The number of halogens is 1. The predicted octanol–water partition coefficient (Wildman–Crippen LogP) is 3.64. The maximum Gasteiger partial charge on any atom is 0.271 e. The average Bonchev–Trinajstić information content (AvgIpc) is 2.84. The zero-order chi connectivity index (χ0) is 13.0. The molecule has 1 amide bonds. The van der Waals surface area contributed by atoms with E-state index in [2.05, 4.69) is 17.5 Å². The van der Waals surface area contributed by atoms with Crippen LogP contribution in [-0.2, 0) is 0 Å². The van der Waals surface area contributed by atoms with Crippen molar-refractivity contribution in [2.75, 3.05) is 0 Å². The highest BCUT2D eigenvalue weighted by molar-refractivity contribution is 6.30. The topological polar surface area (TPSA) is 41.5 Å². The summed E-state index contributed by atoms with van der Waals surface area (Å²) in [6.07, 6.45) is 4.45. The van der Waals surface area contributed by atoms with Crippen LogP contribution in [0, 0.1) is 5.92 Å². The van der Waals surface area contributed by atoms with Crippen LogP contribution in [0.15, 0.2) is 29.4 Å². The number of hydrogen-bond acceptors (Lipinski definition) is 2. The number of nitrogens with one attached hydrogen (secondary N) is 1. The fourth-order valence-electron chi connectivity index (χ4n) is 2.28. The van der Waals surface area contributed by atoms with Crippen molar-refractivity contribution in [3.05, 3.63) is 34.9 Å². The first-order chi connectivity index (χ1) is 8.70. The first-order valence-electron chi connectivity index (χ1n) is 6.33. The molecule has 0 bridgehead atoms. The molecule has 0 aromatic heterocycles. The van der Waals surface area contributed by atoms with Gasteiger partial charge in [0.1, 0.15) is 0 Å². The van der Waals surface area contributed by atoms with Gasteiger partial charge in [0.05, 0.1) is 0 Å². The maximum atomic E-state index is 11.8. The van der Waals surface area contributed by atoms with Gasteiger partial charge in [0.15, 0.2) is 0 Å². The van der Waals surface area contributed by atoms with Crippen LogP contribution < -0.4 is 5.43 Å². The molecule has 0 spiro atoms. The highest BCUT2D eigenvalue weighted by Crippen LogP contribution is 2.24. The van der Waals surface area contributed by atoms with E-state index in [1.165, 1.54) is 12.8 Å². The Kier molecular flexibility index (Phi) is 4.37. The minimum atomic E-state index is -0.180. The molecular weight excluding hydrogens is 248 g/mol. The Balaban J connectivity index is 1.99. The van der Waals surface area contributed by atoms with Gasteiger partial charge in [-0.2, -0.15) is 5.10 Å². The fourth-order valence-corrected chi connectivity index (χ4v) is 2.40. The Morgan fingerprint density at radius 1 is 1.44 bits per heavy atom. The third kappa shape index (κ3) is 3.10. The Morgan fingerprint density at radius 2 is 2.17 bits per heavy atom. The molecule has 1 atom stereocenters. The lowest BCUT2D eigenvalue weighted by molar-refractivity contribution is 0.0954. The molecule has 0 heterocycles. The number of hydrogen-bond donors (Lipinski definition) is 1. The van der Waals surface area contributed by atoms with Crippen molar-refractivity contribution in [1.29, 1.82) is 0 Å². The van der Waals surface area contributed by atoms with Gasteiger partial charge < -0.3 is 0 Å². The molecule has 1 aromatic rings. The number of carbonyl (C=O) groups is 1. The summed E-state index contributed by atoms with van der Waals surface area (Å²) in [5, 5.41) is 4.88. The van der Waals surface area contributed by atoms with E-state index in [0.29, 0.717) is 16.5 Å². The molecular formula is C14H17ClN2O. The number of amides is 1. The molecule has 1 aliphatic carbocycles. The molecule has 96 valence electrons. The summed E-state index contributed by atoms with van der Waals surface area (Å²) in [6, 6.07) is 6.80. The van der Waals surface area contributed by atoms with Crippen LogP contribution in [0.2, 0.25) is 5.02 Å². The molecule has 0 aliphatic heterocycles. The molecule has 18 heavy (non-hydrogen) atoms. The molecule has 1 aliphatic rings. The third-order valence-electron chi connectivity index (χ3n) is 3.36. The van der Waals surface area contributed by atoms with Crippen LogP contribution in [0.3, 0.4) is 0 Å². The van der Waals surface area contributed by atoms with Gasteiger partial charge in [-0.05, 0) is 55.9 Å². The summed E-state index contributed by atoms with van der Waals surface area (Å²) >= 11 is 5.78. The summed E-state index contributed by atoms with van der Waals surface area (Å²) in [4.78, 5) is 11.8. The van der Waals surface area contributed by atoms with Gasteiger partial charge >= 0.3 is 0 Å². The summed E-state index contributed by atoms with van der Waals surface area (Å²) in [7, 11) is 0. The van der Waals surface area contributed by atoms with Gasteiger partial charge in [0, 0.05) is 16.3 Å². The number of hydrazone groups is 1. The molecule has 1 saturated carbocycles. The monoisotopic (exact) mass is 264 g/mol. The maximum absolute atomic E-state index is 11.8. The van der Waals surface area contributed by atoms with Crippen molar-refractivity contribution < 1.29 is 4.79 Å². The van der Waals surface area contributed by atoms with Gasteiger partial charge in [0.25, 0.3) is 5.91 Å². The minimum absolute atomic E-state index is 0.180. The van der Waals surface area contributed by atoms with Gasteiger partial charge in [-0.3, -0.25) is 4.79 Å². The zero-order valence-corrected chi connectivity index (χ0v) is 11.2. The first-order valence-corrected chi connectivity index (χ1v) is 6.71. The number of carbonyl (C=O) groups excluding carboxylic acids is 1. The Morgan fingerprint density at radius 3 is 2.83 bits per heavy atom. The second-order valence-corrected chi connectivity index (χ2v) is 4.98. The molecule has 0 radical (unpaired) electrons. The standard InChI is InChI=1S/C14H17ClN2O/c1-2-10-4-3-5-13(10)16-17-14(18)11-6-8-12(15)9-7-11/h6-10H,2-5H2,1H3,(H,17,18)/t10-/m0/s1. The largest absolute Gasteiger partial charge is 0.271 e. The second kappa shape index (κ2) is 6.01. The average molecular weight is 265 g/mol. The van der Waals surface area contributed by atoms with Crippen molar-refractivity contribution in [2.24, 2.45) is 11.0 Å². The van der Waals surface area contributed by atoms with E-state index < -0.39 is 0 Å². The molecule has 1 fully saturated rings. The van der Waals surface area contributed by atoms with E-state index in [9.17, 15) is 4.79 Å².